The molecule has 0 bridgehead atoms. The van der Waals surface area contributed by atoms with Crippen LogP contribution < -0.4 is 5.32 Å². The van der Waals surface area contributed by atoms with E-state index in [1.54, 1.807) is 0 Å². The van der Waals surface area contributed by atoms with Gasteiger partial charge in [0.2, 0.25) is 0 Å². The maximum Gasteiger partial charge on any atom is -0.00257 e. The molecule has 98 valence electrons. The molecule has 0 spiro atoms. The summed E-state index contributed by atoms with van der Waals surface area (Å²) < 4.78 is 0. The molecule has 1 saturated carbocycles. The molecule has 1 heteroatoms. The summed E-state index contributed by atoms with van der Waals surface area (Å²) in [5, 5.41) is 3.38. The van der Waals surface area contributed by atoms with Crippen molar-refractivity contribution in [2.75, 3.05) is 13.1 Å². The molecule has 0 aromatic heterocycles. The van der Waals surface area contributed by atoms with Crippen LogP contribution in [-0.2, 0) is 0 Å². The molecule has 1 N–H and O–H groups in total. The summed E-state index contributed by atoms with van der Waals surface area (Å²) in [6, 6.07) is 0. The van der Waals surface area contributed by atoms with Crippen molar-refractivity contribution < 1.29 is 0 Å². The van der Waals surface area contributed by atoms with Gasteiger partial charge in [-0.1, -0.05) is 48.5 Å². The van der Waals surface area contributed by atoms with E-state index < -0.39 is 0 Å². The SMILES string of the molecule is CC(C)C1CC1C.CC(C)CNCC(C)C. The Morgan fingerprint density at radius 3 is 1.44 bits per heavy atom. The van der Waals surface area contributed by atoms with E-state index >= 15 is 0 Å². The molecule has 0 heterocycles. The highest BCUT2D eigenvalue weighted by atomic mass is 14.9. The Morgan fingerprint density at radius 2 is 1.31 bits per heavy atom. The lowest BCUT2D eigenvalue weighted by Crippen LogP contribution is -2.23. The van der Waals surface area contributed by atoms with Crippen LogP contribution in [0.25, 0.3) is 0 Å². The van der Waals surface area contributed by atoms with Gasteiger partial charge in [-0.15, -0.1) is 0 Å². The van der Waals surface area contributed by atoms with Crippen LogP contribution in [-0.4, -0.2) is 13.1 Å². The van der Waals surface area contributed by atoms with Gasteiger partial charge in [-0.2, -0.15) is 0 Å². The average Bonchev–Trinajstić information content (AvgIpc) is 2.82. The number of rotatable bonds is 5. The van der Waals surface area contributed by atoms with Gasteiger partial charge < -0.3 is 5.32 Å². The van der Waals surface area contributed by atoms with Gasteiger partial charge in [-0.05, 0) is 49.1 Å². The molecular weight excluding hydrogens is 194 g/mol. The van der Waals surface area contributed by atoms with E-state index in [2.05, 4.69) is 53.8 Å². The summed E-state index contributed by atoms with van der Waals surface area (Å²) in [6.45, 7) is 18.2. The van der Waals surface area contributed by atoms with E-state index in [4.69, 9.17) is 0 Å². The van der Waals surface area contributed by atoms with E-state index in [1.807, 2.05) is 0 Å². The molecular formula is C15H33N. The first kappa shape index (κ1) is 16.0. The van der Waals surface area contributed by atoms with Crippen LogP contribution in [0, 0.1) is 29.6 Å². The molecule has 0 radical (unpaired) electrons. The van der Waals surface area contributed by atoms with Crippen molar-refractivity contribution >= 4 is 0 Å². The minimum absolute atomic E-state index is 0.781. The van der Waals surface area contributed by atoms with Crippen LogP contribution in [0.15, 0.2) is 0 Å². The Hall–Kier alpha value is -0.0400. The van der Waals surface area contributed by atoms with Gasteiger partial charge in [0, 0.05) is 0 Å². The highest BCUT2D eigenvalue weighted by Gasteiger charge is 2.34. The van der Waals surface area contributed by atoms with E-state index in [0.717, 1.165) is 42.7 Å². The maximum absolute atomic E-state index is 3.38. The lowest BCUT2D eigenvalue weighted by atomic mass is 10.1. The summed E-state index contributed by atoms with van der Waals surface area (Å²) in [6.07, 6.45) is 1.48. The Balaban J connectivity index is 0.000000288. The molecule has 1 nitrogen and oxygen atoms in total. The van der Waals surface area contributed by atoms with Crippen molar-refractivity contribution in [3.8, 4) is 0 Å². The van der Waals surface area contributed by atoms with Crippen LogP contribution in [0.2, 0.25) is 0 Å². The molecule has 2 unspecified atom stereocenters. The molecule has 2 atom stereocenters. The molecule has 0 aromatic carbocycles. The lowest BCUT2D eigenvalue weighted by Gasteiger charge is -2.08. The van der Waals surface area contributed by atoms with E-state index in [9.17, 15) is 0 Å². The Labute approximate surface area is 103 Å². The summed E-state index contributed by atoms with van der Waals surface area (Å²) in [5.74, 6) is 4.61. The molecule has 0 amide bonds. The van der Waals surface area contributed by atoms with Crippen LogP contribution in [0.4, 0.5) is 0 Å². The van der Waals surface area contributed by atoms with Gasteiger partial charge in [-0.25, -0.2) is 0 Å². The lowest BCUT2D eigenvalue weighted by molar-refractivity contribution is 0.497. The third-order valence-electron chi connectivity index (χ3n) is 3.13. The Morgan fingerprint density at radius 1 is 0.938 bits per heavy atom. The van der Waals surface area contributed by atoms with Crippen LogP contribution in [0.5, 0.6) is 0 Å². The van der Waals surface area contributed by atoms with Gasteiger partial charge in [0.05, 0.1) is 0 Å². The molecule has 1 aliphatic carbocycles. The Kier molecular flexibility index (Phi) is 8.09. The van der Waals surface area contributed by atoms with Gasteiger partial charge >= 0.3 is 0 Å². The first-order chi connectivity index (χ1) is 7.34. The predicted octanol–water partition coefficient (Wildman–Crippen LogP) is 4.19. The summed E-state index contributed by atoms with van der Waals surface area (Å²) in [7, 11) is 0. The van der Waals surface area contributed by atoms with Crippen molar-refractivity contribution in [3.05, 3.63) is 0 Å². The standard InChI is InChI=1S/C8H19N.C7H14/c1-7(2)5-9-6-8(3)4;1-5(2)7-4-6(7)3/h7-9H,5-6H2,1-4H3;5-7H,4H2,1-3H3. The zero-order valence-corrected chi connectivity index (χ0v) is 12.5. The van der Waals surface area contributed by atoms with Gasteiger partial charge in [0.15, 0.2) is 0 Å². The Bertz CT molecular complexity index is 153. The van der Waals surface area contributed by atoms with Crippen molar-refractivity contribution in [2.24, 2.45) is 29.6 Å². The number of hydrogen-bond donors (Lipinski definition) is 1. The minimum atomic E-state index is 0.781. The number of nitrogens with one attached hydrogen (secondary N) is 1. The molecule has 1 rings (SSSR count). The second-order valence-electron chi connectivity index (χ2n) is 6.57. The van der Waals surface area contributed by atoms with E-state index in [-0.39, 0.29) is 0 Å². The predicted molar refractivity (Wildman–Crippen MR) is 74.7 cm³/mol. The second kappa shape index (κ2) is 8.11. The van der Waals surface area contributed by atoms with Gasteiger partial charge in [0.25, 0.3) is 0 Å². The third kappa shape index (κ3) is 9.21. The van der Waals surface area contributed by atoms with Crippen molar-refractivity contribution in [3.63, 3.8) is 0 Å². The van der Waals surface area contributed by atoms with Crippen molar-refractivity contribution in [2.45, 2.75) is 54.9 Å². The van der Waals surface area contributed by atoms with E-state index in [0.29, 0.717) is 0 Å². The van der Waals surface area contributed by atoms with Gasteiger partial charge in [-0.3, -0.25) is 0 Å². The molecule has 0 aliphatic heterocycles. The summed E-state index contributed by atoms with van der Waals surface area (Å²) >= 11 is 0. The smallest absolute Gasteiger partial charge is 0.00257 e. The van der Waals surface area contributed by atoms with Crippen molar-refractivity contribution in [1.29, 1.82) is 0 Å². The van der Waals surface area contributed by atoms with Crippen LogP contribution in [0.3, 0.4) is 0 Å². The molecule has 0 saturated heterocycles. The number of hydrogen-bond acceptors (Lipinski definition) is 1. The fourth-order valence-electron chi connectivity index (χ4n) is 1.94. The van der Waals surface area contributed by atoms with Crippen LogP contribution in [0.1, 0.15) is 54.9 Å². The first-order valence-corrected chi connectivity index (χ1v) is 7.05. The minimum Gasteiger partial charge on any atom is -0.316 e. The first-order valence-electron chi connectivity index (χ1n) is 7.05. The zero-order valence-electron chi connectivity index (χ0n) is 12.5. The van der Waals surface area contributed by atoms with E-state index in [1.165, 1.54) is 6.42 Å². The zero-order chi connectivity index (χ0) is 12.7. The fourth-order valence-corrected chi connectivity index (χ4v) is 1.94. The second-order valence-corrected chi connectivity index (χ2v) is 6.57. The average molecular weight is 227 g/mol. The normalized spacial score (nSPS) is 23.6. The highest BCUT2D eigenvalue weighted by Crippen LogP contribution is 2.43. The molecule has 16 heavy (non-hydrogen) atoms. The molecule has 0 aromatic rings. The fraction of sp³-hybridized carbons (Fsp3) is 1.00. The maximum atomic E-state index is 3.38. The largest absolute Gasteiger partial charge is 0.316 e. The topological polar surface area (TPSA) is 12.0 Å². The van der Waals surface area contributed by atoms with Crippen molar-refractivity contribution in [1.82, 2.24) is 5.32 Å². The monoisotopic (exact) mass is 227 g/mol. The summed E-state index contributed by atoms with van der Waals surface area (Å²) in [4.78, 5) is 0. The van der Waals surface area contributed by atoms with Crippen LogP contribution >= 0.6 is 0 Å². The van der Waals surface area contributed by atoms with Gasteiger partial charge in [0.1, 0.15) is 0 Å². The molecule has 1 fully saturated rings. The highest BCUT2D eigenvalue weighted by molar-refractivity contribution is 4.84. The summed E-state index contributed by atoms with van der Waals surface area (Å²) in [5.41, 5.74) is 0. The quantitative estimate of drug-likeness (QED) is 0.743. The molecule has 1 aliphatic rings. The third-order valence-corrected chi connectivity index (χ3v) is 3.13.